The molecule has 0 atom stereocenters. The number of carbonyl (C=O) groups excluding carboxylic acids is 3. The Hall–Kier alpha value is -2.17. The van der Waals surface area contributed by atoms with E-state index in [1.807, 2.05) is 20.8 Å². The van der Waals surface area contributed by atoms with Gasteiger partial charge in [0.2, 0.25) is 5.91 Å². The van der Waals surface area contributed by atoms with Crippen LogP contribution >= 0.6 is 0 Å². The van der Waals surface area contributed by atoms with Gasteiger partial charge >= 0.3 is 12.0 Å². The van der Waals surface area contributed by atoms with Crippen LogP contribution in [-0.2, 0) is 28.5 Å². The Kier molecular flexibility index (Phi) is 18.2. The number of hydrogen-bond acceptors (Lipinski definition) is 7. The van der Waals surface area contributed by atoms with Gasteiger partial charge in [-0.1, -0.05) is 27.4 Å². The number of ether oxygens (including phenoxy) is 4. The SMILES string of the molecule is C=CC(=O)OCCNC(=O)NCCCOCCOCCOCCCNC(=O)C(C)(C)CC. The van der Waals surface area contributed by atoms with Crippen molar-refractivity contribution in [1.29, 1.82) is 0 Å². The summed E-state index contributed by atoms with van der Waals surface area (Å²) in [6.45, 7) is 13.6. The smallest absolute Gasteiger partial charge is 0.330 e. The van der Waals surface area contributed by atoms with Gasteiger partial charge in [-0.25, -0.2) is 9.59 Å². The van der Waals surface area contributed by atoms with Crippen molar-refractivity contribution >= 4 is 17.9 Å². The third-order valence-electron chi connectivity index (χ3n) is 4.54. The third-order valence-corrected chi connectivity index (χ3v) is 4.54. The number of esters is 1. The molecule has 0 aliphatic heterocycles. The van der Waals surface area contributed by atoms with Gasteiger partial charge in [0.05, 0.1) is 33.0 Å². The van der Waals surface area contributed by atoms with E-state index in [1.165, 1.54) is 0 Å². The predicted octanol–water partition coefficient (Wildman–Crippen LogP) is 1.40. The summed E-state index contributed by atoms with van der Waals surface area (Å²) in [5, 5.41) is 8.17. The van der Waals surface area contributed by atoms with Crippen molar-refractivity contribution in [3.63, 3.8) is 0 Å². The second-order valence-corrected chi connectivity index (χ2v) is 7.59. The monoisotopic (exact) mass is 459 g/mol. The van der Waals surface area contributed by atoms with E-state index in [0.29, 0.717) is 59.2 Å². The fraction of sp³-hybridized carbons (Fsp3) is 0.773. The molecule has 0 aliphatic carbocycles. The van der Waals surface area contributed by atoms with E-state index >= 15 is 0 Å². The lowest BCUT2D eigenvalue weighted by Crippen LogP contribution is -2.38. The number of amides is 3. The molecular weight excluding hydrogens is 418 g/mol. The minimum Gasteiger partial charge on any atom is -0.461 e. The van der Waals surface area contributed by atoms with Gasteiger partial charge in [0.15, 0.2) is 0 Å². The normalized spacial score (nSPS) is 11.0. The average molecular weight is 460 g/mol. The second kappa shape index (κ2) is 19.5. The lowest BCUT2D eigenvalue weighted by molar-refractivity contribution is -0.137. The Morgan fingerprint density at radius 3 is 1.81 bits per heavy atom. The van der Waals surface area contributed by atoms with Crippen molar-refractivity contribution < 1.29 is 33.3 Å². The van der Waals surface area contributed by atoms with Crippen LogP contribution in [0.4, 0.5) is 4.79 Å². The standard InChI is InChI=1S/C22H41N3O7/c1-5-19(26)32-14-11-25-21(28)24-10-8-13-30-16-18-31-17-15-29-12-7-9-23-20(27)22(3,4)6-2/h5H,1,6-18H2,2-4H3,(H,23,27)(H2,24,25,28). The molecule has 0 rings (SSSR count). The Morgan fingerprint density at radius 1 is 0.781 bits per heavy atom. The first-order chi connectivity index (χ1) is 15.3. The summed E-state index contributed by atoms with van der Waals surface area (Å²) >= 11 is 0. The van der Waals surface area contributed by atoms with Crippen LogP contribution in [0.15, 0.2) is 12.7 Å². The van der Waals surface area contributed by atoms with E-state index in [0.717, 1.165) is 18.9 Å². The highest BCUT2D eigenvalue weighted by Gasteiger charge is 2.24. The Labute approximate surface area is 191 Å². The highest BCUT2D eigenvalue weighted by Crippen LogP contribution is 2.19. The first-order valence-corrected chi connectivity index (χ1v) is 11.2. The van der Waals surface area contributed by atoms with Crippen LogP contribution in [0, 0.1) is 5.41 Å². The minimum absolute atomic E-state index is 0.0751. The maximum atomic E-state index is 11.9. The molecule has 0 fully saturated rings. The van der Waals surface area contributed by atoms with Crippen molar-refractivity contribution in [3.8, 4) is 0 Å². The number of hydrogen-bond donors (Lipinski definition) is 3. The van der Waals surface area contributed by atoms with E-state index in [1.54, 1.807) is 0 Å². The van der Waals surface area contributed by atoms with E-state index in [2.05, 4.69) is 22.5 Å². The van der Waals surface area contributed by atoms with Gasteiger partial charge in [-0.2, -0.15) is 0 Å². The van der Waals surface area contributed by atoms with Crippen LogP contribution < -0.4 is 16.0 Å². The molecule has 10 heteroatoms. The van der Waals surface area contributed by atoms with Crippen LogP contribution in [-0.4, -0.2) is 83.8 Å². The third kappa shape index (κ3) is 17.5. The molecule has 0 aromatic rings. The van der Waals surface area contributed by atoms with Crippen molar-refractivity contribution in [1.82, 2.24) is 16.0 Å². The van der Waals surface area contributed by atoms with Crippen molar-refractivity contribution in [3.05, 3.63) is 12.7 Å². The zero-order valence-corrected chi connectivity index (χ0v) is 19.8. The van der Waals surface area contributed by atoms with Crippen molar-refractivity contribution in [2.24, 2.45) is 5.41 Å². The maximum Gasteiger partial charge on any atom is 0.330 e. The van der Waals surface area contributed by atoms with Gasteiger partial charge < -0.3 is 34.9 Å². The van der Waals surface area contributed by atoms with Crippen LogP contribution in [0.3, 0.4) is 0 Å². The molecule has 0 saturated carbocycles. The topological polar surface area (TPSA) is 124 Å². The Bertz CT molecular complexity index is 542. The second-order valence-electron chi connectivity index (χ2n) is 7.59. The Balaban J connectivity index is 3.30. The molecule has 0 unspecified atom stereocenters. The molecule has 0 aliphatic rings. The van der Waals surface area contributed by atoms with E-state index < -0.39 is 5.97 Å². The van der Waals surface area contributed by atoms with Crippen molar-refractivity contribution in [2.75, 3.05) is 65.9 Å². The maximum absolute atomic E-state index is 11.9. The van der Waals surface area contributed by atoms with Gasteiger partial charge in [0.25, 0.3) is 0 Å². The summed E-state index contributed by atoms with van der Waals surface area (Å²) in [7, 11) is 0. The molecule has 0 bridgehead atoms. The van der Waals surface area contributed by atoms with Gasteiger partial charge in [0, 0.05) is 37.8 Å². The Morgan fingerprint density at radius 2 is 1.28 bits per heavy atom. The van der Waals surface area contributed by atoms with Crippen LogP contribution in [0.1, 0.15) is 40.0 Å². The van der Waals surface area contributed by atoms with Crippen molar-refractivity contribution in [2.45, 2.75) is 40.0 Å². The zero-order chi connectivity index (χ0) is 24.1. The molecule has 3 amide bonds. The number of urea groups is 1. The number of rotatable bonds is 20. The molecule has 0 radical (unpaired) electrons. The lowest BCUT2D eigenvalue weighted by Gasteiger charge is -2.21. The van der Waals surface area contributed by atoms with Crippen LogP contribution in [0.5, 0.6) is 0 Å². The van der Waals surface area contributed by atoms with E-state index in [9.17, 15) is 14.4 Å². The highest BCUT2D eigenvalue weighted by atomic mass is 16.5. The quantitative estimate of drug-likeness (QED) is 0.143. The predicted molar refractivity (Wildman–Crippen MR) is 121 cm³/mol. The van der Waals surface area contributed by atoms with Crippen LogP contribution in [0.2, 0.25) is 0 Å². The molecule has 0 heterocycles. The first-order valence-electron chi connectivity index (χ1n) is 11.2. The summed E-state index contributed by atoms with van der Waals surface area (Å²) in [6, 6.07) is -0.324. The van der Waals surface area contributed by atoms with Crippen LogP contribution in [0.25, 0.3) is 0 Å². The molecule has 0 spiro atoms. The summed E-state index contributed by atoms with van der Waals surface area (Å²) in [6.07, 6.45) is 3.32. The van der Waals surface area contributed by atoms with E-state index in [-0.39, 0.29) is 30.5 Å². The molecule has 186 valence electrons. The summed E-state index contributed by atoms with van der Waals surface area (Å²) in [5.74, 6) is -0.444. The molecule has 10 nitrogen and oxygen atoms in total. The molecule has 0 saturated heterocycles. The van der Waals surface area contributed by atoms with Gasteiger partial charge in [0.1, 0.15) is 6.61 Å². The van der Waals surface area contributed by atoms with Gasteiger partial charge in [-0.3, -0.25) is 4.79 Å². The fourth-order valence-electron chi connectivity index (χ4n) is 2.13. The van der Waals surface area contributed by atoms with E-state index in [4.69, 9.17) is 18.9 Å². The molecule has 0 aromatic carbocycles. The van der Waals surface area contributed by atoms with Gasteiger partial charge in [-0.15, -0.1) is 0 Å². The lowest BCUT2D eigenvalue weighted by atomic mass is 9.89. The summed E-state index contributed by atoms with van der Waals surface area (Å²) in [5.41, 5.74) is -0.327. The number of nitrogens with one attached hydrogen (secondary N) is 3. The zero-order valence-electron chi connectivity index (χ0n) is 19.8. The molecule has 32 heavy (non-hydrogen) atoms. The number of carbonyl (C=O) groups is 3. The summed E-state index contributed by atoms with van der Waals surface area (Å²) < 4.78 is 21.1. The van der Waals surface area contributed by atoms with Gasteiger partial charge in [-0.05, 0) is 19.3 Å². The fourth-order valence-corrected chi connectivity index (χ4v) is 2.13. The largest absolute Gasteiger partial charge is 0.461 e. The first kappa shape index (κ1) is 29.8. The highest BCUT2D eigenvalue weighted by molar-refractivity contribution is 5.81. The summed E-state index contributed by atoms with van der Waals surface area (Å²) in [4.78, 5) is 34.2. The molecular formula is C22H41N3O7. The average Bonchev–Trinajstić information content (AvgIpc) is 2.78. The molecule has 3 N–H and O–H groups in total. The molecule has 0 aromatic heterocycles. The minimum atomic E-state index is -0.519.